The Kier molecular flexibility index (Phi) is 17.2. The number of hydrogen-bond donors (Lipinski definition) is 4. The highest BCUT2D eigenvalue weighted by molar-refractivity contribution is 5.87. The van der Waals surface area contributed by atoms with Gasteiger partial charge < -0.3 is 39.6 Å². The van der Waals surface area contributed by atoms with Crippen LogP contribution >= 0.6 is 0 Å². The van der Waals surface area contributed by atoms with Crippen molar-refractivity contribution in [2.24, 2.45) is 0 Å². The number of nitrogens with two attached hydrogens (primary N) is 1. The van der Waals surface area contributed by atoms with Crippen molar-refractivity contribution in [2.75, 3.05) is 24.3 Å². The van der Waals surface area contributed by atoms with Crippen LogP contribution in [0.3, 0.4) is 0 Å². The highest BCUT2D eigenvalue weighted by atomic mass is 16.8. The molecule has 47 heavy (non-hydrogen) atoms. The van der Waals surface area contributed by atoms with Gasteiger partial charge in [0.25, 0.3) is 0 Å². The van der Waals surface area contributed by atoms with E-state index in [-0.39, 0.29) is 11.5 Å². The summed E-state index contributed by atoms with van der Waals surface area (Å²) in [6, 6.07) is 7.19. The van der Waals surface area contributed by atoms with Gasteiger partial charge in [-0.15, -0.1) is 0 Å². The minimum atomic E-state index is -1.06. The van der Waals surface area contributed by atoms with Gasteiger partial charge in [0.15, 0.2) is 0 Å². The summed E-state index contributed by atoms with van der Waals surface area (Å²) in [6.45, 7) is 24.8. The number of nitrogens with one attached hydrogen (secondary N) is 1. The molecule has 0 bridgehead atoms. The lowest BCUT2D eigenvalue weighted by atomic mass is 10.1. The third-order valence-corrected chi connectivity index (χ3v) is 5.33. The van der Waals surface area contributed by atoms with E-state index in [1.54, 1.807) is 81.4 Å². The van der Waals surface area contributed by atoms with Crippen molar-refractivity contribution >= 4 is 29.8 Å². The van der Waals surface area contributed by atoms with Gasteiger partial charge in [-0.3, -0.25) is 5.32 Å². The molecule has 0 saturated carbocycles. The second-order valence-corrected chi connectivity index (χ2v) is 14.0. The van der Waals surface area contributed by atoms with Crippen LogP contribution in [0.4, 0.5) is 25.8 Å². The van der Waals surface area contributed by atoms with E-state index in [4.69, 9.17) is 24.7 Å². The Hall–Kier alpha value is -4.19. The van der Waals surface area contributed by atoms with Gasteiger partial charge in [0.05, 0.1) is 11.4 Å². The maximum atomic E-state index is 11.6. The molecule has 0 atom stereocenters. The molecule has 1 aliphatic rings. The molecule has 1 aliphatic heterocycles. The lowest BCUT2D eigenvalue weighted by Gasteiger charge is -2.20. The Morgan fingerprint density at radius 1 is 0.681 bits per heavy atom. The number of aromatic hydroxyl groups is 2. The van der Waals surface area contributed by atoms with Gasteiger partial charge in [-0.25, -0.2) is 14.4 Å². The van der Waals surface area contributed by atoms with Crippen LogP contribution in [-0.2, 0) is 23.7 Å². The monoisotopic (exact) mass is 664 g/mol. The fourth-order valence-electron chi connectivity index (χ4n) is 3.58. The van der Waals surface area contributed by atoms with Crippen LogP contribution in [0.5, 0.6) is 11.5 Å². The van der Waals surface area contributed by atoms with Gasteiger partial charge in [0.1, 0.15) is 28.3 Å². The summed E-state index contributed by atoms with van der Waals surface area (Å²) in [5.74, 6) is 0.270. The quantitative estimate of drug-likeness (QED) is 0.0754. The SMILES string of the molecule is C1CCOC1.CC(C)(C)OC(=O)OC(=O)OC(C)(C)C.Cc1cc(C)c(O)c(N)c1.Cc1cc(C)c(O)c(NC(=O)OC(C)(C)C)c1. The second-order valence-electron chi connectivity index (χ2n) is 14.0. The molecule has 0 aromatic heterocycles. The summed E-state index contributed by atoms with van der Waals surface area (Å²) in [5.41, 5.74) is 7.94. The summed E-state index contributed by atoms with van der Waals surface area (Å²) in [5, 5.41) is 21.5. The van der Waals surface area contributed by atoms with E-state index in [9.17, 15) is 24.6 Å². The molecular weight excluding hydrogens is 608 g/mol. The average Bonchev–Trinajstić information content (AvgIpc) is 3.43. The number of amides is 1. The molecule has 3 rings (SSSR count). The Bertz CT molecular complexity index is 1260. The van der Waals surface area contributed by atoms with Crippen molar-refractivity contribution < 1.29 is 48.3 Å². The van der Waals surface area contributed by atoms with Crippen molar-refractivity contribution in [3.63, 3.8) is 0 Å². The van der Waals surface area contributed by atoms with Gasteiger partial charge >= 0.3 is 18.4 Å². The summed E-state index contributed by atoms with van der Waals surface area (Å²) in [6.07, 6.45) is -0.133. The number of phenols is 2. The molecule has 12 heteroatoms. The standard InChI is InChI=1S/C13H19NO3.C10H18O5.C8H11NO.C4H8O/c1-8-6-9(2)11(15)10(7-8)14-12(16)17-13(3,4)5;1-9(2,3)14-7(11)13-8(12)15-10(4,5)6;1-5-3-6(2)8(10)7(9)4-5;1-2-4-5-3-1/h6-7,15H,1-5H3,(H,14,16);1-6H3;3-4,10H,9H2,1-2H3;1-4H2. The number of benzene rings is 2. The zero-order valence-corrected chi connectivity index (χ0v) is 30.4. The van der Waals surface area contributed by atoms with Crippen LogP contribution in [0.1, 0.15) is 97.4 Å². The largest absolute Gasteiger partial charge is 0.519 e. The van der Waals surface area contributed by atoms with E-state index in [0.29, 0.717) is 11.4 Å². The third-order valence-electron chi connectivity index (χ3n) is 5.33. The Balaban J connectivity index is 0.000000641. The molecule has 2 aromatic rings. The van der Waals surface area contributed by atoms with Crippen LogP contribution < -0.4 is 11.1 Å². The number of anilines is 2. The molecule has 0 unspecified atom stereocenters. The third kappa shape index (κ3) is 21.3. The predicted molar refractivity (Wildman–Crippen MR) is 183 cm³/mol. The van der Waals surface area contributed by atoms with E-state index >= 15 is 0 Å². The number of hydrogen-bond acceptors (Lipinski definition) is 11. The van der Waals surface area contributed by atoms with Gasteiger partial charge in [-0.05, 0) is 137 Å². The maximum Gasteiger partial charge on any atom is 0.519 e. The number of aryl methyl sites for hydroxylation is 4. The first kappa shape index (κ1) is 42.8. The normalized spacial score (nSPS) is 12.4. The molecule has 1 amide bonds. The van der Waals surface area contributed by atoms with Crippen LogP contribution in [0.25, 0.3) is 0 Å². The first-order valence-electron chi connectivity index (χ1n) is 15.4. The summed E-state index contributed by atoms with van der Waals surface area (Å²) in [7, 11) is 0. The zero-order valence-electron chi connectivity index (χ0n) is 30.4. The number of phenolic OH excluding ortho intramolecular Hbond substituents is 2. The van der Waals surface area contributed by atoms with Gasteiger partial charge in [-0.1, -0.05) is 12.1 Å². The highest BCUT2D eigenvalue weighted by Gasteiger charge is 2.24. The lowest BCUT2D eigenvalue weighted by Crippen LogP contribution is -2.29. The Morgan fingerprint density at radius 3 is 1.45 bits per heavy atom. The van der Waals surface area contributed by atoms with Crippen molar-refractivity contribution in [3.05, 3.63) is 46.5 Å². The average molecular weight is 665 g/mol. The predicted octanol–water partition coefficient (Wildman–Crippen LogP) is 8.62. The van der Waals surface area contributed by atoms with E-state index in [2.05, 4.69) is 10.1 Å². The first-order valence-corrected chi connectivity index (χ1v) is 15.4. The first-order chi connectivity index (χ1) is 21.3. The van der Waals surface area contributed by atoms with Gasteiger partial charge in [0, 0.05) is 13.2 Å². The molecule has 1 heterocycles. The molecule has 0 aliphatic carbocycles. The van der Waals surface area contributed by atoms with Crippen LogP contribution in [-0.4, -0.2) is 58.6 Å². The Labute approximate surface area is 279 Å². The molecule has 0 spiro atoms. The highest BCUT2D eigenvalue weighted by Crippen LogP contribution is 2.29. The minimum absolute atomic E-state index is 0.0708. The molecule has 0 radical (unpaired) electrons. The number of nitrogen functional groups attached to an aromatic ring is 1. The molecule has 266 valence electrons. The molecule has 1 fully saturated rings. The van der Waals surface area contributed by atoms with Crippen LogP contribution in [0.2, 0.25) is 0 Å². The van der Waals surface area contributed by atoms with E-state index in [0.717, 1.165) is 35.5 Å². The number of rotatable bonds is 1. The van der Waals surface area contributed by atoms with Crippen LogP contribution in [0.15, 0.2) is 24.3 Å². The lowest BCUT2D eigenvalue weighted by molar-refractivity contribution is -0.0294. The smallest absolute Gasteiger partial charge is 0.506 e. The topological polar surface area (TPSA) is 176 Å². The summed E-state index contributed by atoms with van der Waals surface area (Å²) >= 11 is 0. The number of carbonyl (C=O) groups excluding carboxylic acids is 3. The minimum Gasteiger partial charge on any atom is -0.506 e. The molecule has 1 saturated heterocycles. The van der Waals surface area contributed by atoms with E-state index in [1.165, 1.54) is 12.8 Å². The van der Waals surface area contributed by atoms with Crippen molar-refractivity contribution in [1.82, 2.24) is 0 Å². The molecule has 12 nitrogen and oxygen atoms in total. The second kappa shape index (κ2) is 18.8. The molecular formula is C35H56N2O10. The fourth-order valence-corrected chi connectivity index (χ4v) is 3.58. The van der Waals surface area contributed by atoms with Gasteiger partial charge in [-0.2, -0.15) is 0 Å². The van der Waals surface area contributed by atoms with E-state index < -0.39 is 35.2 Å². The van der Waals surface area contributed by atoms with Crippen LogP contribution in [0, 0.1) is 27.7 Å². The molecule has 2 aromatic carbocycles. The Morgan fingerprint density at radius 2 is 1.09 bits per heavy atom. The summed E-state index contributed by atoms with van der Waals surface area (Å²) in [4.78, 5) is 33.6. The van der Waals surface area contributed by atoms with Gasteiger partial charge in [0.2, 0.25) is 0 Å². The number of ether oxygens (including phenoxy) is 5. The summed E-state index contributed by atoms with van der Waals surface area (Å²) < 4.78 is 23.9. The maximum absolute atomic E-state index is 11.6. The number of carbonyl (C=O) groups is 3. The fraction of sp³-hybridized carbons (Fsp3) is 0.571. The molecule has 5 N–H and O–H groups in total. The van der Waals surface area contributed by atoms with Crippen molar-refractivity contribution in [1.29, 1.82) is 0 Å². The zero-order chi connectivity index (χ0) is 36.8. The van der Waals surface area contributed by atoms with Crippen molar-refractivity contribution in [2.45, 2.75) is 120 Å². The van der Waals surface area contributed by atoms with E-state index in [1.807, 2.05) is 32.9 Å². The van der Waals surface area contributed by atoms with Crippen molar-refractivity contribution in [3.8, 4) is 11.5 Å².